The predicted octanol–water partition coefficient (Wildman–Crippen LogP) is 1.44. The van der Waals surface area contributed by atoms with Gasteiger partial charge in [0.25, 0.3) is 0 Å². The number of hydrogen-bond acceptors (Lipinski definition) is 4. The minimum Gasteiger partial charge on any atom is -0.379 e. The van der Waals surface area contributed by atoms with E-state index in [1.54, 1.807) is 0 Å². The molecule has 0 radical (unpaired) electrons. The molecule has 21 heavy (non-hydrogen) atoms. The maximum absolute atomic E-state index is 5.89. The number of nitrogens with one attached hydrogen (secondary N) is 1. The van der Waals surface area contributed by atoms with Crippen LogP contribution in [0.2, 0.25) is 0 Å². The molecule has 2 heterocycles. The van der Waals surface area contributed by atoms with Crippen LogP contribution in [0.1, 0.15) is 23.1 Å². The number of ether oxygens (including phenoxy) is 1. The Bertz CT molecular complexity index is 441. The van der Waals surface area contributed by atoms with Gasteiger partial charge < -0.3 is 15.8 Å². The SMILES string of the molecule is CCc1ccc(CN=C(N)NCCCN2CCOCC2)s1. The van der Waals surface area contributed by atoms with E-state index in [4.69, 9.17) is 10.5 Å². The van der Waals surface area contributed by atoms with Gasteiger partial charge in [-0.1, -0.05) is 6.92 Å². The van der Waals surface area contributed by atoms with E-state index in [0.717, 1.165) is 52.2 Å². The van der Waals surface area contributed by atoms with E-state index in [1.165, 1.54) is 9.75 Å². The van der Waals surface area contributed by atoms with Gasteiger partial charge in [-0.3, -0.25) is 4.90 Å². The highest BCUT2D eigenvalue weighted by molar-refractivity contribution is 7.11. The number of nitrogens with two attached hydrogens (primary N) is 1. The van der Waals surface area contributed by atoms with Gasteiger partial charge in [0, 0.05) is 29.4 Å². The molecule has 3 N–H and O–H groups in total. The summed E-state index contributed by atoms with van der Waals surface area (Å²) >= 11 is 1.81. The number of aryl methyl sites for hydroxylation is 1. The predicted molar refractivity (Wildman–Crippen MR) is 88.9 cm³/mol. The molecule has 0 aromatic carbocycles. The van der Waals surface area contributed by atoms with Crippen molar-refractivity contribution in [2.45, 2.75) is 26.3 Å². The van der Waals surface area contributed by atoms with E-state index in [-0.39, 0.29) is 0 Å². The molecule has 0 atom stereocenters. The standard InChI is InChI=1S/C15H26N4OS/c1-2-13-4-5-14(21-13)12-18-15(16)17-6-3-7-19-8-10-20-11-9-19/h4-5H,2-3,6-12H2,1H3,(H3,16,17,18). The molecule has 0 amide bonds. The van der Waals surface area contributed by atoms with Crippen molar-refractivity contribution in [3.8, 4) is 0 Å². The number of rotatable bonds is 7. The summed E-state index contributed by atoms with van der Waals surface area (Å²) in [5, 5.41) is 3.19. The number of morpholine rings is 1. The Morgan fingerprint density at radius 1 is 1.38 bits per heavy atom. The molecule has 6 heteroatoms. The fourth-order valence-corrected chi connectivity index (χ4v) is 3.14. The first-order chi connectivity index (χ1) is 10.3. The molecule has 1 aliphatic rings. The third kappa shape index (κ3) is 6.03. The molecule has 5 nitrogen and oxygen atoms in total. The fraction of sp³-hybridized carbons (Fsp3) is 0.667. The van der Waals surface area contributed by atoms with Crippen molar-refractivity contribution < 1.29 is 4.74 Å². The van der Waals surface area contributed by atoms with Gasteiger partial charge in [0.15, 0.2) is 5.96 Å². The second kappa shape index (κ2) is 9.02. The monoisotopic (exact) mass is 310 g/mol. The summed E-state index contributed by atoms with van der Waals surface area (Å²) in [4.78, 5) is 9.48. The molecular weight excluding hydrogens is 284 g/mol. The molecule has 118 valence electrons. The van der Waals surface area contributed by atoms with Crippen LogP contribution in [0.5, 0.6) is 0 Å². The fourth-order valence-electron chi connectivity index (χ4n) is 2.26. The van der Waals surface area contributed by atoms with Crippen molar-refractivity contribution in [1.82, 2.24) is 10.2 Å². The van der Waals surface area contributed by atoms with Crippen molar-refractivity contribution in [3.05, 3.63) is 21.9 Å². The van der Waals surface area contributed by atoms with Crippen LogP contribution in [0.4, 0.5) is 0 Å². The highest BCUT2D eigenvalue weighted by Gasteiger charge is 2.08. The third-order valence-corrected chi connectivity index (χ3v) is 4.75. The summed E-state index contributed by atoms with van der Waals surface area (Å²) in [7, 11) is 0. The molecule has 1 saturated heterocycles. The van der Waals surface area contributed by atoms with Crippen molar-refractivity contribution in [1.29, 1.82) is 0 Å². The third-order valence-electron chi connectivity index (χ3n) is 3.53. The first kappa shape index (κ1) is 16.3. The van der Waals surface area contributed by atoms with E-state index in [1.807, 2.05) is 11.3 Å². The maximum atomic E-state index is 5.89. The Labute approximate surface area is 131 Å². The number of nitrogens with zero attached hydrogens (tertiary/aromatic N) is 2. The first-order valence-corrected chi connectivity index (χ1v) is 8.51. The van der Waals surface area contributed by atoms with Crippen LogP contribution in [0.15, 0.2) is 17.1 Å². The zero-order valence-electron chi connectivity index (χ0n) is 12.8. The number of aliphatic imine (C=N–C) groups is 1. The van der Waals surface area contributed by atoms with Crippen molar-refractivity contribution >= 4 is 17.3 Å². The van der Waals surface area contributed by atoms with Crippen LogP contribution in [-0.4, -0.2) is 50.3 Å². The molecule has 0 saturated carbocycles. The average Bonchev–Trinajstić information content (AvgIpc) is 2.99. The van der Waals surface area contributed by atoms with Crippen LogP contribution in [0.3, 0.4) is 0 Å². The quantitative estimate of drug-likeness (QED) is 0.454. The molecule has 1 aromatic rings. The minimum atomic E-state index is 0.545. The van der Waals surface area contributed by atoms with Crippen LogP contribution in [-0.2, 0) is 17.7 Å². The first-order valence-electron chi connectivity index (χ1n) is 7.69. The molecule has 0 unspecified atom stereocenters. The van der Waals surface area contributed by atoms with Gasteiger partial charge in [0.05, 0.1) is 19.8 Å². The Hall–Kier alpha value is -1.11. The Kier molecular flexibility index (Phi) is 6.99. The summed E-state index contributed by atoms with van der Waals surface area (Å²) < 4.78 is 5.33. The highest BCUT2D eigenvalue weighted by Crippen LogP contribution is 2.17. The Balaban J connectivity index is 1.59. The largest absolute Gasteiger partial charge is 0.379 e. The topological polar surface area (TPSA) is 62.9 Å². The Morgan fingerprint density at radius 2 is 2.14 bits per heavy atom. The van der Waals surface area contributed by atoms with Gasteiger partial charge in [-0.25, -0.2) is 4.99 Å². The number of thiophene rings is 1. The molecular formula is C15H26N4OS. The van der Waals surface area contributed by atoms with E-state index >= 15 is 0 Å². The Morgan fingerprint density at radius 3 is 2.86 bits per heavy atom. The van der Waals surface area contributed by atoms with Crippen molar-refractivity contribution in [2.24, 2.45) is 10.7 Å². The summed E-state index contributed by atoms with van der Waals surface area (Å²) in [6, 6.07) is 4.31. The molecule has 0 bridgehead atoms. The molecule has 1 fully saturated rings. The van der Waals surface area contributed by atoms with Crippen LogP contribution < -0.4 is 11.1 Å². The van der Waals surface area contributed by atoms with E-state index in [0.29, 0.717) is 12.5 Å². The molecule has 2 rings (SSSR count). The normalized spacial score (nSPS) is 17.1. The highest BCUT2D eigenvalue weighted by atomic mass is 32.1. The van der Waals surface area contributed by atoms with Crippen molar-refractivity contribution in [2.75, 3.05) is 39.4 Å². The van der Waals surface area contributed by atoms with Gasteiger partial charge in [0.2, 0.25) is 0 Å². The van der Waals surface area contributed by atoms with Gasteiger partial charge in [0.1, 0.15) is 0 Å². The van der Waals surface area contributed by atoms with Gasteiger partial charge in [-0.05, 0) is 31.5 Å². The van der Waals surface area contributed by atoms with E-state index in [9.17, 15) is 0 Å². The van der Waals surface area contributed by atoms with Gasteiger partial charge in [-0.2, -0.15) is 0 Å². The maximum Gasteiger partial charge on any atom is 0.188 e. The van der Waals surface area contributed by atoms with Gasteiger partial charge >= 0.3 is 0 Å². The second-order valence-corrected chi connectivity index (χ2v) is 6.41. The molecule has 0 aliphatic carbocycles. The van der Waals surface area contributed by atoms with E-state index < -0.39 is 0 Å². The van der Waals surface area contributed by atoms with Crippen LogP contribution >= 0.6 is 11.3 Å². The van der Waals surface area contributed by atoms with Crippen molar-refractivity contribution in [3.63, 3.8) is 0 Å². The summed E-state index contributed by atoms with van der Waals surface area (Å²) in [5.74, 6) is 0.545. The second-order valence-electron chi connectivity index (χ2n) is 5.16. The summed E-state index contributed by atoms with van der Waals surface area (Å²) in [5.41, 5.74) is 5.89. The molecule has 1 aromatic heterocycles. The lowest BCUT2D eigenvalue weighted by Crippen LogP contribution is -2.39. The zero-order valence-corrected chi connectivity index (χ0v) is 13.6. The zero-order chi connectivity index (χ0) is 14.9. The lowest BCUT2D eigenvalue weighted by molar-refractivity contribution is 0.0376. The number of hydrogen-bond donors (Lipinski definition) is 2. The van der Waals surface area contributed by atoms with E-state index in [2.05, 4.69) is 34.3 Å². The summed E-state index contributed by atoms with van der Waals surface area (Å²) in [6.45, 7) is 8.61. The smallest absolute Gasteiger partial charge is 0.188 e. The molecule has 1 aliphatic heterocycles. The molecule has 0 spiro atoms. The van der Waals surface area contributed by atoms with Gasteiger partial charge in [-0.15, -0.1) is 11.3 Å². The lowest BCUT2D eigenvalue weighted by Gasteiger charge is -2.26. The average molecular weight is 310 g/mol. The van der Waals surface area contributed by atoms with Crippen LogP contribution in [0, 0.1) is 0 Å². The minimum absolute atomic E-state index is 0.545. The lowest BCUT2D eigenvalue weighted by atomic mass is 10.3. The summed E-state index contributed by atoms with van der Waals surface area (Å²) in [6.07, 6.45) is 2.17. The number of guanidine groups is 1. The van der Waals surface area contributed by atoms with Crippen LogP contribution in [0.25, 0.3) is 0 Å².